The van der Waals surface area contributed by atoms with Gasteiger partial charge in [0.05, 0.1) is 17.7 Å². The first kappa shape index (κ1) is 26.6. The maximum atomic E-state index is 11.2. The van der Waals surface area contributed by atoms with E-state index in [1.54, 1.807) is 12.1 Å². The number of aromatic hydroxyl groups is 1. The molecule has 10 heteroatoms. The number of nitrogens with zero attached hydrogens (tertiary/aromatic N) is 6. The summed E-state index contributed by atoms with van der Waals surface area (Å²) in [5.74, 6) is 0.690. The number of carboxylic acids is 1. The molecule has 0 radical (unpaired) electrons. The first-order chi connectivity index (χ1) is 20.9. The number of rotatable bonds is 5. The van der Waals surface area contributed by atoms with Crippen molar-refractivity contribution in [2.24, 2.45) is 11.3 Å². The minimum Gasteiger partial charge on any atom is -0.507 e. The molecule has 1 aromatic carbocycles. The predicted octanol–water partition coefficient (Wildman–Crippen LogP) is 5.07. The molecular formula is C33H37N7O3. The van der Waals surface area contributed by atoms with Crippen LogP contribution in [0, 0.1) is 11.3 Å². The van der Waals surface area contributed by atoms with Crippen molar-refractivity contribution in [3.63, 3.8) is 0 Å². The number of aromatic nitrogens is 5. The fraction of sp³-hybridized carbons (Fsp3) is 0.485. The van der Waals surface area contributed by atoms with Crippen molar-refractivity contribution in [3.05, 3.63) is 59.5 Å². The number of anilines is 1. The highest BCUT2D eigenvalue weighted by molar-refractivity contribution is 5.86. The van der Waals surface area contributed by atoms with Gasteiger partial charge in [-0.3, -0.25) is 4.79 Å². The van der Waals surface area contributed by atoms with E-state index in [0.29, 0.717) is 28.6 Å². The fourth-order valence-corrected chi connectivity index (χ4v) is 8.39. The predicted molar refractivity (Wildman–Crippen MR) is 162 cm³/mol. The second-order valence-electron chi connectivity index (χ2n) is 13.3. The molecule has 10 nitrogen and oxygen atoms in total. The number of phenolic OH excluding ortho intramolecular Hbond substituents is 1. The number of benzene rings is 1. The van der Waals surface area contributed by atoms with Crippen molar-refractivity contribution in [2.75, 3.05) is 24.5 Å². The number of aromatic amines is 1. The lowest BCUT2D eigenvalue weighted by Gasteiger charge is -2.59. The average molecular weight is 580 g/mol. The van der Waals surface area contributed by atoms with Gasteiger partial charge in [0.2, 0.25) is 5.95 Å². The van der Waals surface area contributed by atoms with Crippen LogP contribution < -0.4 is 4.90 Å². The molecule has 1 saturated heterocycles. The van der Waals surface area contributed by atoms with Gasteiger partial charge in [-0.15, -0.1) is 10.2 Å². The van der Waals surface area contributed by atoms with Crippen molar-refractivity contribution < 1.29 is 15.0 Å². The van der Waals surface area contributed by atoms with Gasteiger partial charge in [-0.05, 0) is 93.6 Å². The second kappa shape index (κ2) is 10.0. The van der Waals surface area contributed by atoms with Crippen LogP contribution in [-0.4, -0.2) is 71.9 Å². The second-order valence-corrected chi connectivity index (χ2v) is 13.3. The van der Waals surface area contributed by atoms with Crippen molar-refractivity contribution in [2.45, 2.75) is 69.9 Å². The summed E-state index contributed by atoms with van der Waals surface area (Å²) in [4.78, 5) is 29.3. The number of piperidine rings is 1. The number of carboxylic acid groups (broad SMARTS) is 1. The number of para-hydroxylation sites is 1. The summed E-state index contributed by atoms with van der Waals surface area (Å²) in [6, 6.07) is 9.92. The molecule has 0 unspecified atom stereocenters. The monoisotopic (exact) mass is 579 g/mol. The number of hydrogen-bond acceptors (Lipinski definition) is 8. The maximum Gasteiger partial charge on any atom is 0.306 e. The van der Waals surface area contributed by atoms with E-state index in [9.17, 15) is 15.0 Å². The van der Waals surface area contributed by atoms with Gasteiger partial charge in [-0.1, -0.05) is 12.1 Å². The number of H-pyrrole nitrogens is 1. The minimum absolute atomic E-state index is 0.0558. The van der Waals surface area contributed by atoms with Gasteiger partial charge < -0.3 is 25.0 Å². The quantitative estimate of drug-likeness (QED) is 0.297. The molecule has 1 atom stereocenters. The van der Waals surface area contributed by atoms with Gasteiger partial charge in [0, 0.05) is 53.6 Å². The van der Waals surface area contributed by atoms with Crippen LogP contribution in [0.5, 0.6) is 5.75 Å². The zero-order valence-electron chi connectivity index (χ0n) is 24.4. The van der Waals surface area contributed by atoms with Crippen LogP contribution in [0.15, 0.2) is 42.7 Å². The molecule has 0 amide bonds. The van der Waals surface area contributed by atoms with E-state index < -0.39 is 5.97 Å². The largest absolute Gasteiger partial charge is 0.507 e. The minimum atomic E-state index is -0.616. The Morgan fingerprint density at radius 1 is 1.02 bits per heavy atom. The van der Waals surface area contributed by atoms with Gasteiger partial charge in [0.25, 0.3) is 0 Å². The molecule has 3 aromatic heterocycles. The first-order valence-electron chi connectivity index (χ1n) is 15.6. The van der Waals surface area contributed by atoms with Crippen molar-refractivity contribution in [3.8, 4) is 17.0 Å². The summed E-state index contributed by atoms with van der Waals surface area (Å²) in [6.45, 7) is 5.18. The summed E-state index contributed by atoms with van der Waals surface area (Å²) >= 11 is 0. The number of nitrogens with one attached hydrogen (secondary N) is 1. The normalized spacial score (nSPS) is 27.6. The summed E-state index contributed by atoms with van der Waals surface area (Å²) in [5.41, 5.74) is 5.98. The summed E-state index contributed by atoms with van der Waals surface area (Å²) in [6.07, 6.45) is 11.2. The lowest BCUT2D eigenvalue weighted by Crippen LogP contribution is -2.58. The van der Waals surface area contributed by atoms with E-state index in [-0.39, 0.29) is 17.7 Å². The highest BCUT2D eigenvalue weighted by Gasteiger charge is 2.56. The molecule has 5 heterocycles. The van der Waals surface area contributed by atoms with Gasteiger partial charge in [0.1, 0.15) is 5.75 Å². The van der Waals surface area contributed by atoms with Gasteiger partial charge in [0.15, 0.2) is 5.65 Å². The van der Waals surface area contributed by atoms with E-state index in [1.807, 2.05) is 30.6 Å². The van der Waals surface area contributed by atoms with Crippen LogP contribution in [0.25, 0.3) is 22.3 Å². The topological polar surface area (TPSA) is 131 Å². The Balaban J connectivity index is 0.932. The number of fused-ring (bicyclic) bond motifs is 3. The average Bonchev–Trinajstić information content (AvgIpc) is 3.35. The fourth-order valence-electron chi connectivity index (χ4n) is 8.39. The van der Waals surface area contributed by atoms with Crippen molar-refractivity contribution >= 4 is 23.0 Å². The summed E-state index contributed by atoms with van der Waals surface area (Å²) in [5, 5.41) is 29.4. The zero-order valence-corrected chi connectivity index (χ0v) is 24.4. The van der Waals surface area contributed by atoms with Crippen LogP contribution in [0.3, 0.4) is 0 Å². The molecule has 3 N–H and O–H groups in total. The molecule has 8 rings (SSSR count). The van der Waals surface area contributed by atoms with Crippen molar-refractivity contribution in [1.29, 1.82) is 0 Å². The molecule has 4 aliphatic rings. The van der Waals surface area contributed by atoms with E-state index in [1.165, 1.54) is 29.7 Å². The molecule has 2 saturated carbocycles. The Kier molecular flexibility index (Phi) is 6.18. The summed E-state index contributed by atoms with van der Waals surface area (Å²) < 4.78 is 0. The highest BCUT2D eigenvalue weighted by Crippen LogP contribution is 2.60. The van der Waals surface area contributed by atoms with E-state index in [4.69, 9.17) is 9.97 Å². The van der Waals surface area contributed by atoms with Gasteiger partial charge in [-0.25, -0.2) is 9.97 Å². The molecule has 2 aliphatic heterocycles. The van der Waals surface area contributed by atoms with Gasteiger partial charge in [-0.2, -0.15) is 0 Å². The lowest BCUT2D eigenvalue weighted by atomic mass is 9.49. The molecule has 222 valence electrons. The van der Waals surface area contributed by atoms with Crippen LogP contribution in [0.4, 0.5) is 5.95 Å². The Bertz CT molecular complexity index is 1680. The Morgan fingerprint density at radius 3 is 2.49 bits per heavy atom. The Hall–Kier alpha value is -4.05. The van der Waals surface area contributed by atoms with Gasteiger partial charge >= 0.3 is 5.97 Å². The Labute approximate surface area is 250 Å². The first-order valence-corrected chi connectivity index (χ1v) is 15.6. The molecule has 1 spiro atoms. The molecule has 3 fully saturated rings. The highest BCUT2D eigenvalue weighted by atomic mass is 16.4. The summed E-state index contributed by atoms with van der Waals surface area (Å²) in [7, 11) is 0. The molecule has 0 bridgehead atoms. The Morgan fingerprint density at radius 2 is 1.77 bits per heavy atom. The molecular weight excluding hydrogens is 542 g/mol. The number of carbonyl (C=O) groups is 1. The molecule has 4 aromatic rings. The SMILES string of the molecule is C[C@@H]1c2c([nH]c3nnc(-c4ccccc4O)cc23)CCN1c1ncc(C2CCN(C3CC4(CC(C(=O)O)C4)C3)CC2)cn1. The van der Waals surface area contributed by atoms with Crippen molar-refractivity contribution in [1.82, 2.24) is 30.0 Å². The number of hydrogen-bond donors (Lipinski definition) is 3. The van der Waals surface area contributed by atoms with E-state index in [2.05, 4.69) is 31.9 Å². The van der Waals surface area contributed by atoms with E-state index in [0.717, 1.165) is 68.7 Å². The van der Waals surface area contributed by atoms with Crippen LogP contribution >= 0.6 is 0 Å². The standard InChI is InChI=1S/C33H37N7O3/c1-19-29-25-12-27(24-4-2-3-5-28(24)41)37-38-30(25)36-26(29)8-11-40(19)32-34-17-22(18-35-32)20-6-9-39(10-7-20)23-15-33(16-23)13-21(14-33)31(42)43/h2-5,12,17-21,23,41H,6-11,13-16H2,1H3,(H,36,38)(H,42,43)/t19-,21?,23?,33?/m1/s1. The van der Waals surface area contributed by atoms with Crippen LogP contribution in [-0.2, 0) is 11.2 Å². The number of phenols is 1. The lowest BCUT2D eigenvalue weighted by molar-refractivity contribution is -0.160. The number of aliphatic carboxylic acids is 1. The van der Waals surface area contributed by atoms with Crippen LogP contribution in [0.1, 0.15) is 74.2 Å². The third-order valence-electron chi connectivity index (χ3n) is 10.8. The van der Waals surface area contributed by atoms with E-state index >= 15 is 0 Å². The number of likely N-dealkylation sites (tertiary alicyclic amines) is 1. The third kappa shape index (κ3) is 4.45. The third-order valence-corrected chi connectivity index (χ3v) is 10.8. The zero-order chi connectivity index (χ0) is 29.3. The molecule has 43 heavy (non-hydrogen) atoms. The smallest absolute Gasteiger partial charge is 0.306 e. The molecule has 2 aliphatic carbocycles. The van der Waals surface area contributed by atoms with Crippen LogP contribution in [0.2, 0.25) is 0 Å². The maximum absolute atomic E-state index is 11.2.